The van der Waals surface area contributed by atoms with E-state index in [2.05, 4.69) is 5.32 Å². The van der Waals surface area contributed by atoms with E-state index in [1.54, 1.807) is 0 Å². The van der Waals surface area contributed by atoms with E-state index in [0.717, 1.165) is 12.8 Å². The molecule has 0 heterocycles. The molecule has 17 heavy (non-hydrogen) atoms. The van der Waals surface area contributed by atoms with Gasteiger partial charge in [-0.05, 0) is 33.1 Å². The van der Waals surface area contributed by atoms with Gasteiger partial charge in [-0.2, -0.15) is 0 Å². The van der Waals surface area contributed by atoms with E-state index in [-0.39, 0.29) is 17.9 Å². The highest BCUT2D eigenvalue weighted by Gasteiger charge is 2.48. The molecule has 1 amide bonds. The van der Waals surface area contributed by atoms with E-state index >= 15 is 0 Å². The van der Waals surface area contributed by atoms with E-state index < -0.39 is 11.9 Å². The Balaban J connectivity index is 1.97. The van der Waals surface area contributed by atoms with Crippen molar-refractivity contribution in [3.63, 3.8) is 0 Å². The van der Waals surface area contributed by atoms with Crippen molar-refractivity contribution in [2.45, 2.75) is 39.2 Å². The molecule has 0 saturated heterocycles. The van der Waals surface area contributed by atoms with E-state index in [1.807, 2.05) is 13.8 Å². The van der Waals surface area contributed by atoms with Gasteiger partial charge >= 0.3 is 5.97 Å². The maximum Gasteiger partial charge on any atom is 0.307 e. The molecule has 5 heteroatoms. The molecule has 0 spiro atoms. The zero-order valence-corrected chi connectivity index (χ0v) is 10.4. The molecule has 1 fully saturated rings. The second-order valence-electron chi connectivity index (χ2n) is 4.70. The predicted octanol–water partition coefficient (Wildman–Crippen LogP) is 1.03. The predicted molar refractivity (Wildman–Crippen MR) is 62.6 cm³/mol. The smallest absolute Gasteiger partial charge is 0.307 e. The van der Waals surface area contributed by atoms with Crippen molar-refractivity contribution < 1.29 is 19.4 Å². The number of aliphatic carboxylic acids is 1. The fourth-order valence-electron chi connectivity index (χ4n) is 1.65. The number of unbranched alkanes of at least 4 members (excludes halogenated alkanes) is 1. The topological polar surface area (TPSA) is 75.6 Å². The number of ether oxygens (including phenoxy) is 1. The van der Waals surface area contributed by atoms with E-state index in [1.165, 1.54) is 0 Å². The Labute approximate surface area is 102 Å². The molecular formula is C12H21NO4. The first-order valence-electron chi connectivity index (χ1n) is 6.14. The Bertz CT molecular complexity index is 278. The molecule has 0 aromatic rings. The molecule has 5 nitrogen and oxygen atoms in total. The molecule has 1 saturated carbocycles. The lowest BCUT2D eigenvalue weighted by Crippen LogP contribution is -2.27. The third kappa shape index (κ3) is 5.17. The number of hydrogen-bond acceptors (Lipinski definition) is 3. The lowest BCUT2D eigenvalue weighted by Gasteiger charge is -2.07. The van der Waals surface area contributed by atoms with Crippen LogP contribution in [-0.4, -0.2) is 36.2 Å². The Kier molecular flexibility index (Phi) is 5.41. The summed E-state index contributed by atoms with van der Waals surface area (Å²) in [4.78, 5) is 22.0. The summed E-state index contributed by atoms with van der Waals surface area (Å²) in [6.07, 6.45) is 2.50. The van der Waals surface area contributed by atoms with Gasteiger partial charge in [0.15, 0.2) is 0 Å². The number of carboxylic acid groups (broad SMARTS) is 1. The number of carbonyl (C=O) groups is 2. The maximum absolute atomic E-state index is 11.5. The van der Waals surface area contributed by atoms with E-state index in [4.69, 9.17) is 9.84 Å². The summed E-state index contributed by atoms with van der Waals surface area (Å²) in [5.41, 5.74) is 0. The molecule has 1 rings (SSSR count). The third-order valence-corrected chi connectivity index (χ3v) is 2.77. The molecular weight excluding hydrogens is 222 g/mol. The van der Waals surface area contributed by atoms with E-state index in [0.29, 0.717) is 19.6 Å². The molecule has 2 atom stereocenters. The van der Waals surface area contributed by atoms with Crippen LogP contribution in [0.25, 0.3) is 0 Å². The summed E-state index contributed by atoms with van der Waals surface area (Å²) in [5.74, 6) is -1.75. The molecule has 1 aliphatic rings. The zero-order chi connectivity index (χ0) is 12.8. The van der Waals surface area contributed by atoms with E-state index in [9.17, 15) is 9.59 Å². The first kappa shape index (κ1) is 14.0. The minimum atomic E-state index is -0.865. The van der Waals surface area contributed by atoms with Gasteiger partial charge in [0.05, 0.1) is 17.9 Å². The van der Waals surface area contributed by atoms with Crippen LogP contribution >= 0.6 is 0 Å². The normalized spacial score (nSPS) is 22.5. The number of nitrogens with one attached hydrogen (secondary N) is 1. The van der Waals surface area contributed by atoms with Crippen LogP contribution in [0.5, 0.6) is 0 Å². The van der Waals surface area contributed by atoms with Crippen LogP contribution in [0.3, 0.4) is 0 Å². The minimum Gasteiger partial charge on any atom is -0.481 e. The maximum atomic E-state index is 11.5. The van der Waals surface area contributed by atoms with Crippen LogP contribution in [0, 0.1) is 11.8 Å². The number of carbonyl (C=O) groups excluding carboxylic acids is 1. The van der Waals surface area contributed by atoms with Gasteiger partial charge in [0, 0.05) is 13.2 Å². The number of carboxylic acids is 1. The fraction of sp³-hybridized carbons (Fsp3) is 0.833. The van der Waals surface area contributed by atoms with Crippen molar-refractivity contribution >= 4 is 11.9 Å². The first-order valence-corrected chi connectivity index (χ1v) is 6.14. The quantitative estimate of drug-likeness (QED) is 0.624. The summed E-state index contributed by atoms with van der Waals surface area (Å²) in [7, 11) is 0. The van der Waals surface area contributed by atoms with Gasteiger partial charge < -0.3 is 15.2 Å². The largest absolute Gasteiger partial charge is 0.481 e. The monoisotopic (exact) mass is 243 g/mol. The van der Waals surface area contributed by atoms with Crippen molar-refractivity contribution in [1.82, 2.24) is 5.32 Å². The van der Waals surface area contributed by atoms with Gasteiger partial charge in [-0.25, -0.2) is 0 Å². The SMILES string of the molecule is CC(C)OCCCCNC(=O)[C@@H]1C[C@@H]1C(=O)O. The van der Waals surface area contributed by atoms with Crippen molar-refractivity contribution in [3.8, 4) is 0 Å². The zero-order valence-electron chi connectivity index (χ0n) is 10.4. The third-order valence-electron chi connectivity index (χ3n) is 2.77. The minimum absolute atomic E-state index is 0.123. The van der Waals surface area contributed by atoms with Gasteiger partial charge in [-0.15, -0.1) is 0 Å². The molecule has 98 valence electrons. The average molecular weight is 243 g/mol. The van der Waals surface area contributed by atoms with Crippen molar-refractivity contribution in [3.05, 3.63) is 0 Å². The highest BCUT2D eigenvalue weighted by Crippen LogP contribution is 2.38. The highest BCUT2D eigenvalue weighted by atomic mass is 16.5. The highest BCUT2D eigenvalue weighted by molar-refractivity contribution is 5.89. The summed E-state index contributed by atoms with van der Waals surface area (Å²) in [6, 6.07) is 0. The van der Waals surface area contributed by atoms with Gasteiger partial charge in [-0.3, -0.25) is 9.59 Å². The molecule has 0 bridgehead atoms. The molecule has 0 unspecified atom stereocenters. The van der Waals surface area contributed by atoms with Crippen LogP contribution in [0.4, 0.5) is 0 Å². The summed E-state index contributed by atoms with van der Waals surface area (Å²) in [6.45, 7) is 5.28. The standard InChI is InChI=1S/C12H21NO4/c1-8(2)17-6-4-3-5-13-11(14)9-7-10(9)12(15)16/h8-10H,3-7H2,1-2H3,(H,13,14)(H,15,16)/t9-,10+/m1/s1. The number of hydrogen-bond donors (Lipinski definition) is 2. The average Bonchev–Trinajstić information content (AvgIpc) is 3.02. The molecule has 0 aromatic heterocycles. The second-order valence-corrected chi connectivity index (χ2v) is 4.70. The van der Waals surface area contributed by atoms with Gasteiger partial charge in [0.25, 0.3) is 0 Å². The summed E-state index contributed by atoms with van der Waals surface area (Å²) < 4.78 is 5.37. The molecule has 2 N–H and O–H groups in total. The van der Waals surface area contributed by atoms with Crippen molar-refractivity contribution in [1.29, 1.82) is 0 Å². The summed E-state index contributed by atoms with van der Waals surface area (Å²) in [5, 5.41) is 11.4. The second kappa shape index (κ2) is 6.59. The molecule has 0 aliphatic heterocycles. The van der Waals surface area contributed by atoms with Gasteiger partial charge in [0.1, 0.15) is 0 Å². The Morgan fingerprint density at radius 3 is 2.59 bits per heavy atom. The van der Waals surface area contributed by atoms with Crippen LogP contribution in [-0.2, 0) is 14.3 Å². The molecule has 0 aromatic carbocycles. The Morgan fingerprint density at radius 2 is 2.06 bits per heavy atom. The summed E-state index contributed by atoms with van der Waals surface area (Å²) >= 11 is 0. The van der Waals surface area contributed by atoms with Crippen LogP contribution in [0.15, 0.2) is 0 Å². The fourth-order valence-corrected chi connectivity index (χ4v) is 1.65. The number of rotatable bonds is 8. The van der Waals surface area contributed by atoms with Crippen molar-refractivity contribution in [2.24, 2.45) is 11.8 Å². The Morgan fingerprint density at radius 1 is 1.35 bits per heavy atom. The number of amides is 1. The Hall–Kier alpha value is -1.10. The van der Waals surface area contributed by atoms with Gasteiger partial charge in [0.2, 0.25) is 5.91 Å². The van der Waals surface area contributed by atoms with Crippen LogP contribution < -0.4 is 5.32 Å². The van der Waals surface area contributed by atoms with Crippen LogP contribution in [0.1, 0.15) is 33.1 Å². The van der Waals surface area contributed by atoms with Crippen LogP contribution in [0.2, 0.25) is 0 Å². The lowest BCUT2D eigenvalue weighted by molar-refractivity contribution is -0.140. The first-order chi connectivity index (χ1) is 8.02. The molecule has 0 radical (unpaired) electrons. The lowest BCUT2D eigenvalue weighted by atomic mass is 10.3. The molecule has 1 aliphatic carbocycles. The van der Waals surface area contributed by atoms with Crippen molar-refractivity contribution in [2.75, 3.05) is 13.2 Å². The van der Waals surface area contributed by atoms with Gasteiger partial charge in [-0.1, -0.05) is 0 Å².